The van der Waals surface area contributed by atoms with Gasteiger partial charge in [-0.15, -0.1) is 0 Å². The number of fused-ring (bicyclic) bond motifs is 2. The second-order valence-corrected chi connectivity index (χ2v) is 7.15. The summed E-state index contributed by atoms with van der Waals surface area (Å²) < 4.78 is 2.08. The Morgan fingerprint density at radius 3 is 2.48 bits per heavy atom. The molecule has 5 nitrogen and oxygen atoms in total. The van der Waals surface area contributed by atoms with Gasteiger partial charge in [-0.3, -0.25) is 9.88 Å². The number of hydrogen-bond acceptors (Lipinski definition) is 4. The van der Waals surface area contributed by atoms with E-state index in [9.17, 15) is 5.11 Å². The number of imidazole rings is 1. The minimum Gasteiger partial charge on any atom is -0.388 e. The van der Waals surface area contributed by atoms with Gasteiger partial charge in [0.15, 0.2) is 0 Å². The van der Waals surface area contributed by atoms with E-state index in [1.165, 1.54) is 18.4 Å². The number of aryl methyl sites for hydroxylation is 1. The van der Waals surface area contributed by atoms with Gasteiger partial charge in [-0.1, -0.05) is 0 Å². The average Bonchev–Trinajstić information content (AvgIpc) is 3.03. The van der Waals surface area contributed by atoms with Crippen molar-refractivity contribution in [3.05, 3.63) is 48.3 Å². The quantitative estimate of drug-likeness (QED) is 0.940. The number of nitrogens with zero attached hydrogens (tertiary/aromatic N) is 4. The summed E-state index contributed by atoms with van der Waals surface area (Å²) in [5, 5.41) is 11.1. The average molecular weight is 312 g/mol. The highest BCUT2D eigenvalue weighted by atomic mass is 16.3. The molecule has 0 aromatic carbocycles. The Hall–Kier alpha value is -1.72. The Labute approximate surface area is 137 Å². The summed E-state index contributed by atoms with van der Waals surface area (Å²) in [6.45, 7) is 3.63. The van der Waals surface area contributed by atoms with Gasteiger partial charge in [0, 0.05) is 43.4 Å². The molecular formula is C18H24N4O. The second kappa shape index (κ2) is 5.73. The van der Waals surface area contributed by atoms with Crippen LogP contribution in [-0.2, 0) is 13.1 Å². The molecule has 2 atom stereocenters. The van der Waals surface area contributed by atoms with Crippen LogP contribution in [0.3, 0.4) is 0 Å². The molecular weight excluding hydrogens is 288 g/mol. The molecule has 1 N–H and O–H groups in total. The van der Waals surface area contributed by atoms with Crippen molar-refractivity contribution in [2.75, 3.05) is 0 Å². The fraction of sp³-hybridized carbons (Fsp3) is 0.556. The fourth-order valence-electron chi connectivity index (χ4n) is 4.39. The summed E-state index contributed by atoms with van der Waals surface area (Å²) in [6.07, 6.45) is 11.6. The molecule has 0 amide bonds. The molecule has 2 saturated heterocycles. The van der Waals surface area contributed by atoms with Crippen molar-refractivity contribution in [2.24, 2.45) is 0 Å². The van der Waals surface area contributed by atoms with Crippen LogP contribution in [0.15, 0.2) is 36.9 Å². The van der Waals surface area contributed by atoms with Gasteiger partial charge in [0.1, 0.15) is 5.82 Å². The molecule has 4 heterocycles. The van der Waals surface area contributed by atoms with Crippen molar-refractivity contribution in [1.29, 1.82) is 0 Å². The predicted molar refractivity (Wildman–Crippen MR) is 87.7 cm³/mol. The summed E-state index contributed by atoms with van der Waals surface area (Å²) in [4.78, 5) is 11.0. The first kappa shape index (κ1) is 14.8. The van der Waals surface area contributed by atoms with E-state index >= 15 is 0 Å². The van der Waals surface area contributed by atoms with Gasteiger partial charge in [0.05, 0.1) is 12.1 Å². The van der Waals surface area contributed by atoms with E-state index in [4.69, 9.17) is 0 Å². The van der Waals surface area contributed by atoms with Gasteiger partial charge >= 0.3 is 0 Å². The van der Waals surface area contributed by atoms with Crippen LogP contribution in [0.1, 0.15) is 37.1 Å². The molecule has 0 spiro atoms. The monoisotopic (exact) mass is 312 g/mol. The first-order chi connectivity index (χ1) is 11.1. The first-order valence-corrected chi connectivity index (χ1v) is 8.48. The highest BCUT2D eigenvalue weighted by molar-refractivity contribution is 5.12. The van der Waals surface area contributed by atoms with Crippen LogP contribution in [0.25, 0.3) is 0 Å². The van der Waals surface area contributed by atoms with Crippen LogP contribution in [0.4, 0.5) is 0 Å². The zero-order valence-corrected chi connectivity index (χ0v) is 13.6. The van der Waals surface area contributed by atoms with E-state index in [1.807, 2.05) is 31.7 Å². The molecule has 2 aliphatic rings. The molecule has 122 valence electrons. The third kappa shape index (κ3) is 2.91. The lowest BCUT2D eigenvalue weighted by Crippen LogP contribution is -2.52. The highest BCUT2D eigenvalue weighted by Crippen LogP contribution is 2.42. The number of hydrogen-bond donors (Lipinski definition) is 1. The molecule has 4 rings (SSSR count). The van der Waals surface area contributed by atoms with Gasteiger partial charge in [-0.05, 0) is 50.3 Å². The number of pyridine rings is 1. The largest absolute Gasteiger partial charge is 0.388 e. The Morgan fingerprint density at radius 1 is 1.17 bits per heavy atom. The molecule has 2 bridgehead atoms. The standard InChI is InChI=1S/C18H24N4O/c1-14-20-8-9-21(14)13-18(23)10-16-2-3-17(11-18)22(16)12-15-4-6-19-7-5-15/h4-9,16-17,23H,2-3,10-13H2,1H3. The minimum absolute atomic E-state index is 0.482. The first-order valence-electron chi connectivity index (χ1n) is 8.48. The molecule has 0 aliphatic carbocycles. The third-order valence-corrected chi connectivity index (χ3v) is 5.51. The maximum Gasteiger partial charge on any atom is 0.105 e. The highest BCUT2D eigenvalue weighted by Gasteiger charge is 2.47. The lowest BCUT2D eigenvalue weighted by molar-refractivity contribution is -0.0654. The molecule has 2 unspecified atom stereocenters. The van der Waals surface area contributed by atoms with Crippen molar-refractivity contribution in [3.8, 4) is 0 Å². The Bertz CT molecular complexity index is 655. The lowest BCUT2D eigenvalue weighted by atomic mass is 9.85. The van der Waals surface area contributed by atoms with Crippen LogP contribution in [-0.4, -0.2) is 42.2 Å². The molecule has 2 aromatic rings. The van der Waals surface area contributed by atoms with Gasteiger partial charge in [0.25, 0.3) is 0 Å². The van der Waals surface area contributed by atoms with Crippen molar-refractivity contribution in [2.45, 2.75) is 63.4 Å². The second-order valence-electron chi connectivity index (χ2n) is 7.15. The summed E-state index contributed by atoms with van der Waals surface area (Å²) in [6, 6.07) is 5.15. The SMILES string of the molecule is Cc1nccn1CC1(O)CC2CCC(C1)N2Cc1ccncc1. The molecule has 23 heavy (non-hydrogen) atoms. The van der Waals surface area contributed by atoms with Gasteiger partial charge in [-0.25, -0.2) is 4.98 Å². The molecule has 5 heteroatoms. The van der Waals surface area contributed by atoms with Crippen LogP contribution in [0.5, 0.6) is 0 Å². The van der Waals surface area contributed by atoms with Crippen LogP contribution in [0.2, 0.25) is 0 Å². The zero-order chi connectivity index (χ0) is 15.9. The van der Waals surface area contributed by atoms with Crippen LogP contribution < -0.4 is 0 Å². The molecule has 2 fully saturated rings. The minimum atomic E-state index is -0.605. The van der Waals surface area contributed by atoms with Crippen LogP contribution >= 0.6 is 0 Å². The van der Waals surface area contributed by atoms with E-state index in [0.717, 1.165) is 25.2 Å². The van der Waals surface area contributed by atoms with Crippen molar-refractivity contribution < 1.29 is 5.11 Å². The Morgan fingerprint density at radius 2 is 1.87 bits per heavy atom. The summed E-state index contributed by atoms with van der Waals surface area (Å²) in [5.74, 6) is 0.977. The summed E-state index contributed by atoms with van der Waals surface area (Å²) in [7, 11) is 0. The summed E-state index contributed by atoms with van der Waals surface area (Å²) in [5.41, 5.74) is 0.708. The number of aliphatic hydroxyl groups is 1. The maximum absolute atomic E-state index is 11.1. The number of aromatic nitrogens is 3. The molecule has 2 aromatic heterocycles. The van der Waals surface area contributed by atoms with Gasteiger partial charge < -0.3 is 9.67 Å². The predicted octanol–water partition coefficient (Wildman–Crippen LogP) is 2.14. The fourth-order valence-corrected chi connectivity index (χ4v) is 4.39. The van der Waals surface area contributed by atoms with Gasteiger partial charge in [-0.2, -0.15) is 0 Å². The molecule has 2 aliphatic heterocycles. The van der Waals surface area contributed by atoms with Crippen molar-refractivity contribution in [3.63, 3.8) is 0 Å². The van der Waals surface area contributed by atoms with E-state index in [-0.39, 0.29) is 0 Å². The lowest BCUT2D eigenvalue weighted by Gasteiger charge is -2.44. The topological polar surface area (TPSA) is 54.2 Å². The van der Waals surface area contributed by atoms with E-state index in [0.29, 0.717) is 18.6 Å². The molecule has 0 radical (unpaired) electrons. The Kier molecular flexibility index (Phi) is 3.70. The number of rotatable bonds is 4. The van der Waals surface area contributed by atoms with Crippen molar-refractivity contribution in [1.82, 2.24) is 19.4 Å². The van der Waals surface area contributed by atoms with E-state index in [1.54, 1.807) is 0 Å². The third-order valence-electron chi connectivity index (χ3n) is 5.51. The smallest absolute Gasteiger partial charge is 0.105 e. The Balaban J connectivity index is 1.48. The van der Waals surface area contributed by atoms with Crippen molar-refractivity contribution >= 4 is 0 Å². The number of piperidine rings is 1. The summed E-state index contributed by atoms with van der Waals surface area (Å²) >= 11 is 0. The molecule has 0 saturated carbocycles. The maximum atomic E-state index is 11.1. The van der Waals surface area contributed by atoms with Crippen LogP contribution in [0, 0.1) is 6.92 Å². The van der Waals surface area contributed by atoms with E-state index in [2.05, 4.69) is 31.6 Å². The van der Waals surface area contributed by atoms with E-state index < -0.39 is 5.60 Å². The van der Waals surface area contributed by atoms with Gasteiger partial charge in [0.2, 0.25) is 0 Å². The zero-order valence-electron chi connectivity index (χ0n) is 13.6. The normalized spacial score (nSPS) is 30.7.